The first-order chi connectivity index (χ1) is 9.54. The third kappa shape index (κ3) is 4.42. The molecule has 2 aromatic rings. The van der Waals surface area contributed by atoms with Crippen LogP contribution in [-0.4, -0.2) is 11.7 Å². The predicted octanol–water partition coefficient (Wildman–Crippen LogP) is 4.26. The summed E-state index contributed by atoms with van der Waals surface area (Å²) in [6.07, 6.45) is 0.455. The number of aryl methyl sites for hydroxylation is 1. The highest BCUT2D eigenvalue weighted by atomic mass is 127. The Labute approximate surface area is 135 Å². The van der Waals surface area contributed by atoms with Gasteiger partial charge in [-0.3, -0.25) is 9.59 Å². The average Bonchev–Trinajstić information content (AvgIpc) is 2.83. The Morgan fingerprint density at radius 2 is 2.00 bits per heavy atom. The largest absolute Gasteiger partial charge is 0.326 e. The summed E-state index contributed by atoms with van der Waals surface area (Å²) in [7, 11) is 0. The molecule has 5 heteroatoms. The molecule has 1 heterocycles. The van der Waals surface area contributed by atoms with Crippen LogP contribution in [0, 0.1) is 10.5 Å². The molecular weight excluding hydrogens is 385 g/mol. The summed E-state index contributed by atoms with van der Waals surface area (Å²) in [5.74, 6) is -0.102. The first-order valence-corrected chi connectivity index (χ1v) is 8.09. The molecule has 0 fully saturated rings. The second-order valence-corrected chi connectivity index (χ2v) is 6.93. The van der Waals surface area contributed by atoms with Crippen molar-refractivity contribution < 1.29 is 9.59 Å². The zero-order valence-corrected chi connectivity index (χ0v) is 14.0. The highest BCUT2D eigenvalue weighted by Crippen LogP contribution is 2.18. The Morgan fingerprint density at radius 1 is 1.20 bits per heavy atom. The Balaban J connectivity index is 1.85. The van der Waals surface area contributed by atoms with Crippen LogP contribution in [0.3, 0.4) is 0 Å². The van der Waals surface area contributed by atoms with Gasteiger partial charge in [0.15, 0.2) is 5.78 Å². The van der Waals surface area contributed by atoms with E-state index in [0.717, 1.165) is 19.0 Å². The minimum absolute atomic E-state index is 0.0286. The van der Waals surface area contributed by atoms with Gasteiger partial charge in [0.2, 0.25) is 5.91 Å². The maximum absolute atomic E-state index is 11.9. The van der Waals surface area contributed by atoms with Gasteiger partial charge in [-0.2, -0.15) is 0 Å². The first-order valence-electron chi connectivity index (χ1n) is 6.19. The summed E-state index contributed by atoms with van der Waals surface area (Å²) < 4.78 is 1.06. The van der Waals surface area contributed by atoms with Crippen molar-refractivity contribution in [3.63, 3.8) is 0 Å². The lowest BCUT2D eigenvalue weighted by atomic mass is 10.2. The Kier molecular flexibility index (Phi) is 5.31. The van der Waals surface area contributed by atoms with Crippen molar-refractivity contribution >= 4 is 51.3 Å². The molecular formula is C15H14INO2S. The molecule has 2 rings (SSSR count). The molecule has 104 valence electrons. The standard InChI is InChI=1S/C15H14INO2S/c1-10-5-7-14(20-10)13(18)6-8-15(19)17-12-4-2-3-11(16)9-12/h2-5,7,9H,6,8H2,1H3,(H,17,19). The van der Waals surface area contributed by atoms with Crippen molar-refractivity contribution in [3.05, 3.63) is 49.7 Å². The van der Waals surface area contributed by atoms with Gasteiger partial charge in [0.25, 0.3) is 0 Å². The summed E-state index contributed by atoms with van der Waals surface area (Å²) >= 11 is 3.66. The van der Waals surface area contributed by atoms with Gasteiger partial charge >= 0.3 is 0 Å². The summed E-state index contributed by atoms with van der Waals surface area (Å²) in [4.78, 5) is 25.5. The van der Waals surface area contributed by atoms with Crippen molar-refractivity contribution in [2.75, 3.05) is 5.32 Å². The zero-order valence-electron chi connectivity index (χ0n) is 11.0. The number of anilines is 1. The molecule has 0 bridgehead atoms. The Hall–Kier alpha value is -1.21. The van der Waals surface area contributed by atoms with E-state index in [-0.39, 0.29) is 24.5 Å². The van der Waals surface area contributed by atoms with Gasteiger partial charge in [-0.1, -0.05) is 6.07 Å². The first kappa shape index (κ1) is 15.2. The number of halogens is 1. The minimum Gasteiger partial charge on any atom is -0.326 e. The van der Waals surface area contributed by atoms with Crippen LogP contribution in [0.15, 0.2) is 36.4 Å². The quantitative estimate of drug-likeness (QED) is 0.603. The predicted molar refractivity (Wildman–Crippen MR) is 90.4 cm³/mol. The van der Waals surface area contributed by atoms with Crippen LogP contribution in [0.5, 0.6) is 0 Å². The molecule has 0 aliphatic rings. The lowest BCUT2D eigenvalue weighted by Crippen LogP contribution is -2.13. The maximum Gasteiger partial charge on any atom is 0.224 e. The molecule has 0 atom stereocenters. The molecule has 1 amide bonds. The van der Waals surface area contributed by atoms with Crippen LogP contribution >= 0.6 is 33.9 Å². The summed E-state index contributed by atoms with van der Waals surface area (Å²) in [5.41, 5.74) is 0.765. The highest BCUT2D eigenvalue weighted by molar-refractivity contribution is 14.1. The Bertz CT molecular complexity index is 636. The van der Waals surface area contributed by atoms with Gasteiger partial charge in [-0.15, -0.1) is 11.3 Å². The second kappa shape index (κ2) is 6.99. The number of amides is 1. The fraction of sp³-hybridized carbons (Fsp3) is 0.200. The van der Waals surface area contributed by atoms with Crippen molar-refractivity contribution in [2.24, 2.45) is 0 Å². The van der Waals surface area contributed by atoms with Gasteiger partial charge < -0.3 is 5.32 Å². The number of carbonyl (C=O) groups is 2. The van der Waals surface area contributed by atoms with E-state index < -0.39 is 0 Å². The van der Waals surface area contributed by atoms with Crippen LogP contribution < -0.4 is 5.32 Å². The highest BCUT2D eigenvalue weighted by Gasteiger charge is 2.11. The molecule has 0 saturated heterocycles. The van der Waals surface area contributed by atoms with Gasteiger partial charge in [-0.05, 0) is 59.8 Å². The monoisotopic (exact) mass is 399 g/mol. The van der Waals surface area contributed by atoms with Crippen LogP contribution in [0.25, 0.3) is 0 Å². The lowest BCUT2D eigenvalue weighted by molar-refractivity contribution is -0.116. The molecule has 1 aromatic carbocycles. The lowest BCUT2D eigenvalue weighted by Gasteiger charge is -2.04. The summed E-state index contributed by atoms with van der Waals surface area (Å²) in [6, 6.07) is 11.3. The minimum atomic E-state index is -0.131. The van der Waals surface area contributed by atoms with Crippen molar-refractivity contribution in [2.45, 2.75) is 19.8 Å². The number of nitrogens with one attached hydrogen (secondary N) is 1. The van der Waals surface area contributed by atoms with E-state index in [9.17, 15) is 9.59 Å². The fourth-order valence-electron chi connectivity index (χ4n) is 1.72. The average molecular weight is 399 g/mol. The number of carbonyl (C=O) groups excluding carboxylic acids is 2. The zero-order chi connectivity index (χ0) is 14.5. The van der Waals surface area contributed by atoms with Gasteiger partial charge in [0.05, 0.1) is 4.88 Å². The number of hydrogen-bond acceptors (Lipinski definition) is 3. The number of benzene rings is 1. The van der Waals surface area contributed by atoms with Crippen LogP contribution in [0.4, 0.5) is 5.69 Å². The van der Waals surface area contributed by atoms with E-state index in [0.29, 0.717) is 0 Å². The molecule has 1 N–H and O–H groups in total. The topological polar surface area (TPSA) is 46.2 Å². The molecule has 0 unspecified atom stereocenters. The molecule has 0 saturated carbocycles. The van der Waals surface area contributed by atoms with E-state index in [2.05, 4.69) is 27.9 Å². The summed E-state index contributed by atoms with van der Waals surface area (Å²) in [5, 5.41) is 2.80. The number of hydrogen-bond donors (Lipinski definition) is 1. The third-order valence-electron chi connectivity index (χ3n) is 2.70. The number of rotatable bonds is 5. The molecule has 0 spiro atoms. The molecule has 0 radical (unpaired) electrons. The number of thiophene rings is 1. The van der Waals surface area contributed by atoms with Crippen LogP contribution in [-0.2, 0) is 4.79 Å². The maximum atomic E-state index is 11.9. The molecule has 0 aliphatic carbocycles. The SMILES string of the molecule is Cc1ccc(C(=O)CCC(=O)Nc2cccc(I)c2)s1. The van der Waals surface area contributed by atoms with Gasteiger partial charge in [0.1, 0.15) is 0 Å². The van der Waals surface area contributed by atoms with Gasteiger partial charge in [0, 0.05) is 27.0 Å². The van der Waals surface area contributed by atoms with Crippen molar-refractivity contribution in [3.8, 4) is 0 Å². The van der Waals surface area contributed by atoms with Crippen LogP contribution in [0.2, 0.25) is 0 Å². The fourth-order valence-corrected chi connectivity index (χ4v) is 3.10. The Morgan fingerprint density at radius 3 is 2.65 bits per heavy atom. The van der Waals surface area contributed by atoms with Crippen LogP contribution in [0.1, 0.15) is 27.4 Å². The third-order valence-corrected chi connectivity index (χ3v) is 4.42. The number of Topliss-reactive ketones (excluding diaryl/α,β-unsaturated/α-hetero) is 1. The van der Waals surface area contributed by atoms with Crippen molar-refractivity contribution in [1.82, 2.24) is 0 Å². The second-order valence-electron chi connectivity index (χ2n) is 4.39. The van der Waals surface area contributed by atoms with Crippen molar-refractivity contribution in [1.29, 1.82) is 0 Å². The molecule has 20 heavy (non-hydrogen) atoms. The smallest absolute Gasteiger partial charge is 0.224 e. The van der Waals surface area contributed by atoms with E-state index in [1.165, 1.54) is 11.3 Å². The molecule has 3 nitrogen and oxygen atoms in total. The van der Waals surface area contributed by atoms with E-state index in [1.54, 1.807) is 0 Å². The summed E-state index contributed by atoms with van der Waals surface area (Å²) in [6.45, 7) is 1.96. The molecule has 1 aromatic heterocycles. The van der Waals surface area contributed by atoms with Gasteiger partial charge in [-0.25, -0.2) is 0 Å². The number of ketones is 1. The van der Waals surface area contributed by atoms with E-state index in [4.69, 9.17) is 0 Å². The van der Waals surface area contributed by atoms with E-state index in [1.807, 2.05) is 43.3 Å². The van der Waals surface area contributed by atoms with E-state index >= 15 is 0 Å². The normalized spacial score (nSPS) is 10.3. The molecule has 0 aliphatic heterocycles.